The molecule has 0 bridgehead atoms. The summed E-state index contributed by atoms with van der Waals surface area (Å²) in [5.41, 5.74) is 0.807. The lowest BCUT2D eigenvalue weighted by atomic mass is 9.99. The number of rotatable bonds is 5. The van der Waals surface area contributed by atoms with Crippen LogP contribution in [0.5, 0.6) is 0 Å². The highest BCUT2D eigenvalue weighted by atomic mass is 32.1. The van der Waals surface area contributed by atoms with Crippen LogP contribution in [0.1, 0.15) is 46.7 Å². The van der Waals surface area contributed by atoms with Gasteiger partial charge in [-0.05, 0) is 34.1 Å². The van der Waals surface area contributed by atoms with Gasteiger partial charge in [-0.15, -0.1) is 5.10 Å². The van der Waals surface area contributed by atoms with Crippen molar-refractivity contribution in [1.82, 2.24) is 14.5 Å². The molecule has 1 saturated heterocycles. The van der Waals surface area contributed by atoms with Crippen LogP contribution in [-0.2, 0) is 11.3 Å². The Labute approximate surface area is 125 Å². The molecule has 0 spiro atoms. The van der Waals surface area contributed by atoms with Gasteiger partial charge >= 0.3 is 0 Å². The van der Waals surface area contributed by atoms with Crippen molar-refractivity contribution < 1.29 is 4.74 Å². The van der Waals surface area contributed by atoms with E-state index in [1.165, 1.54) is 11.5 Å². The minimum absolute atomic E-state index is 0.123. The maximum atomic E-state index is 6.11. The van der Waals surface area contributed by atoms with Crippen molar-refractivity contribution >= 4 is 16.5 Å². The van der Waals surface area contributed by atoms with Gasteiger partial charge in [0, 0.05) is 37.7 Å². The maximum Gasteiger partial charge on any atom is 0.134 e. The van der Waals surface area contributed by atoms with Crippen LogP contribution in [0.2, 0.25) is 0 Å². The highest BCUT2D eigenvalue weighted by Gasteiger charge is 2.38. The summed E-state index contributed by atoms with van der Waals surface area (Å²) < 4.78 is 10.2. The molecular formula is C14H26N4OS. The number of nitrogens with zero attached hydrogens (tertiary/aromatic N) is 3. The van der Waals surface area contributed by atoms with E-state index in [0.29, 0.717) is 0 Å². The van der Waals surface area contributed by atoms with Crippen LogP contribution in [-0.4, -0.2) is 45.3 Å². The first kappa shape index (κ1) is 15.7. The first-order valence-electron chi connectivity index (χ1n) is 7.29. The Bertz CT molecular complexity index is 428. The average molecular weight is 298 g/mol. The Morgan fingerprint density at radius 2 is 1.90 bits per heavy atom. The van der Waals surface area contributed by atoms with Crippen molar-refractivity contribution in [2.75, 3.05) is 25.0 Å². The smallest absolute Gasteiger partial charge is 0.134 e. The van der Waals surface area contributed by atoms with Crippen LogP contribution in [0, 0.1) is 0 Å². The molecule has 0 aromatic carbocycles. The minimum Gasteiger partial charge on any atom is -0.374 e. The molecule has 1 N–H and O–H groups in total. The molecule has 0 amide bonds. The quantitative estimate of drug-likeness (QED) is 0.906. The van der Waals surface area contributed by atoms with Gasteiger partial charge in [-0.1, -0.05) is 11.4 Å². The van der Waals surface area contributed by atoms with Crippen molar-refractivity contribution in [1.29, 1.82) is 0 Å². The van der Waals surface area contributed by atoms with Gasteiger partial charge in [0.15, 0.2) is 0 Å². The Morgan fingerprint density at radius 1 is 1.25 bits per heavy atom. The van der Waals surface area contributed by atoms with E-state index in [2.05, 4.69) is 54.4 Å². The van der Waals surface area contributed by atoms with Crippen molar-refractivity contribution in [3.8, 4) is 0 Å². The molecule has 1 aliphatic heterocycles. The van der Waals surface area contributed by atoms with Crippen LogP contribution in [0.3, 0.4) is 0 Å². The van der Waals surface area contributed by atoms with Crippen LogP contribution in [0.25, 0.3) is 0 Å². The molecule has 2 heterocycles. The molecule has 1 aromatic rings. The minimum atomic E-state index is -0.123. The fourth-order valence-corrected chi connectivity index (χ4v) is 3.55. The second-order valence-electron chi connectivity index (χ2n) is 6.74. The number of aromatic nitrogens is 2. The summed E-state index contributed by atoms with van der Waals surface area (Å²) in [6.45, 7) is 14.4. The van der Waals surface area contributed by atoms with Gasteiger partial charge < -0.3 is 10.1 Å². The van der Waals surface area contributed by atoms with E-state index in [1.54, 1.807) is 0 Å². The van der Waals surface area contributed by atoms with E-state index in [1.807, 2.05) is 0 Å². The van der Waals surface area contributed by atoms with Gasteiger partial charge in [-0.25, -0.2) is 0 Å². The molecule has 6 heteroatoms. The molecule has 2 rings (SSSR count). The van der Waals surface area contributed by atoms with Crippen LogP contribution in [0.4, 0.5) is 5.00 Å². The number of nitrogens with one attached hydrogen (secondary N) is 1. The molecule has 0 radical (unpaired) electrons. The van der Waals surface area contributed by atoms with Crippen LogP contribution < -0.4 is 5.32 Å². The Hall–Kier alpha value is -0.720. The molecule has 1 aromatic heterocycles. The largest absolute Gasteiger partial charge is 0.374 e. The molecular weight excluding hydrogens is 272 g/mol. The van der Waals surface area contributed by atoms with Crippen molar-refractivity contribution in [2.24, 2.45) is 0 Å². The molecule has 0 aliphatic carbocycles. The number of hydrogen-bond donors (Lipinski definition) is 1. The van der Waals surface area contributed by atoms with Gasteiger partial charge in [-0.3, -0.25) is 4.90 Å². The third kappa shape index (κ3) is 4.14. The average Bonchev–Trinajstić information content (AvgIpc) is 2.69. The zero-order valence-corrected chi connectivity index (χ0v) is 14.0. The fraction of sp³-hybridized carbons (Fsp3) is 0.857. The zero-order valence-electron chi connectivity index (χ0n) is 13.2. The lowest BCUT2D eigenvalue weighted by Gasteiger charge is -2.47. The Kier molecular flexibility index (Phi) is 4.66. The summed E-state index contributed by atoms with van der Waals surface area (Å²) in [6.07, 6.45) is 1.11. The lowest BCUT2D eigenvalue weighted by molar-refractivity contribution is -0.182. The van der Waals surface area contributed by atoms with Gasteiger partial charge in [-0.2, -0.15) is 0 Å². The Morgan fingerprint density at radius 3 is 2.50 bits per heavy atom. The SMILES string of the molecule is CCCNc1snnc1CN1CC(C)(C)OC(C)(C)C1. The predicted molar refractivity (Wildman–Crippen MR) is 83.2 cm³/mol. The maximum absolute atomic E-state index is 6.11. The summed E-state index contributed by atoms with van der Waals surface area (Å²) in [7, 11) is 0. The summed E-state index contributed by atoms with van der Waals surface area (Å²) in [6, 6.07) is 0. The van der Waals surface area contributed by atoms with Gasteiger partial charge in [0.2, 0.25) is 0 Å². The normalized spacial score (nSPS) is 21.9. The van der Waals surface area contributed by atoms with Gasteiger partial charge in [0.05, 0.1) is 11.2 Å². The van der Waals surface area contributed by atoms with E-state index < -0.39 is 0 Å². The molecule has 20 heavy (non-hydrogen) atoms. The summed E-state index contributed by atoms with van der Waals surface area (Å²) in [5, 5.41) is 8.80. The highest BCUT2D eigenvalue weighted by molar-refractivity contribution is 7.10. The predicted octanol–water partition coefficient (Wildman–Crippen LogP) is 2.75. The van der Waals surface area contributed by atoms with Crippen molar-refractivity contribution in [3.63, 3.8) is 0 Å². The van der Waals surface area contributed by atoms with Crippen LogP contribution >= 0.6 is 11.5 Å². The number of ether oxygens (including phenoxy) is 1. The zero-order chi connectivity index (χ0) is 14.8. The number of anilines is 1. The van der Waals surface area contributed by atoms with E-state index in [-0.39, 0.29) is 11.2 Å². The molecule has 5 nitrogen and oxygen atoms in total. The third-order valence-electron chi connectivity index (χ3n) is 3.23. The third-order valence-corrected chi connectivity index (χ3v) is 3.95. The first-order chi connectivity index (χ1) is 9.31. The second kappa shape index (κ2) is 5.95. The monoisotopic (exact) mass is 298 g/mol. The standard InChI is InChI=1S/C14H26N4OS/c1-6-7-15-12-11(16-17-20-12)8-18-9-13(2,3)19-14(4,5)10-18/h15H,6-10H2,1-5H3. The highest BCUT2D eigenvalue weighted by Crippen LogP contribution is 2.30. The molecule has 0 atom stereocenters. The van der Waals surface area contributed by atoms with Crippen LogP contribution in [0.15, 0.2) is 0 Å². The lowest BCUT2D eigenvalue weighted by Crippen LogP contribution is -2.56. The number of morpholine rings is 1. The van der Waals surface area contributed by atoms with Crippen molar-refractivity contribution in [2.45, 2.75) is 58.8 Å². The van der Waals surface area contributed by atoms with E-state index in [9.17, 15) is 0 Å². The van der Waals surface area contributed by atoms with E-state index in [0.717, 1.165) is 43.3 Å². The second-order valence-corrected chi connectivity index (χ2v) is 7.50. The summed E-state index contributed by atoms with van der Waals surface area (Å²) in [4.78, 5) is 2.41. The van der Waals surface area contributed by atoms with Crippen molar-refractivity contribution in [3.05, 3.63) is 5.69 Å². The van der Waals surface area contributed by atoms with E-state index in [4.69, 9.17) is 4.74 Å². The number of hydrogen-bond acceptors (Lipinski definition) is 6. The van der Waals surface area contributed by atoms with Gasteiger partial charge in [0.25, 0.3) is 0 Å². The Balaban J connectivity index is 2.04. The molecule has 114 valence electrons. The van der Waals surface area contributed by atoms with Gasteiger partial charge in [0.1, 0.15) is 10.7 Å². The molecule has 1 fully saturated rings. The molecule has 0 saturated carbocycles. The molecule has 1 aliphatic rings. The summed E-state index contributed by atoms with van der Waals surface area (Å²) in [5.74, 6) is 0. The summed E-state index contributed by atoms with van der Waals surface area (Å²) >= 11 is 1.45. The first-order valence-corrected chi connectivity index (χ1v) is 8.06. The fourth-order valence-electron chi connectivity index (χ4n) is 2.95. The van der Waals surface area contributed by atoms with E-state index >= 15 is 0 Å². The molecule has 0 unspecified atom stereocenters. The topological polar surface area (TPSA) is 50.3 Å².